The number of benzene rings is 1. The molecule has 2 unspecified atom stereocenters. The molecule has 0 amide bonds. The van der Waals surface area contributed by atoms with E-state index in [1.807, 2.05) is 26.8 Å². The summed E-state index contributed by atoms with van der Waals surface area (Å²) in [6, 6.07) is 5.11. The predicted molar refractivity (Wildman–Crippen MR) is 73.6 cm³/mol. The minimum absolute atomic E-state index is 0.00514. The Bertz CT molecular complexity index is 448. The van der Waals surface area contributed by atoms with Crippen LogP contribution in [0, 0.1) is 12.7 Å². The molecule has 0 aromatic heterocycles. The third kappa shape index (κ3) is 4.03. The number of aliphatic carboxylic acids is 1. The molecule has 0 fully saturated rings. The molecule has 0 saturated heterocycles. The van der Waals surface area contributed by atoms with Crippen molar-refractivity contribution >= 4 is 5.97 Å². The number of carbonyl (C=O) groups is 1. The van der Waals surface area contributed by atoms with E-state index in [1.54, 1.807) is 13.0 Å². The van der Waals surface area contributed by atoms with Crippen LogP contribution in [-0.4, -0.2) is 28.6 Å². The number of aryl methyl sites for hydroxylation is 1. The molecular weight excluding hydrogens is 245 g/mol. The third-order valence-electron chi connectivity index (χ3n) is 3.58. The lowest BCUT2D eigenvalue weighted by atomic mass is 10.0. The van der Waals surface area contributed by atoms with Crippen molar-refractivity contribution in [2.45, 2.75) is 46.2 Å². The predicted octanol–water partition coefficient (Wildman–Crippen LogP) is 3.38. The van der Waals surface area contributed by atoms with Gasteiger partial charge in [-0.15, -0.1) is 0 Å². The SMILES string of the molecule is CCN(C(C)CC(=O)O)C(C)c1ccc(C)c(F)c1. The second kappa shape index (κ2) is 6.66. The fourth-order valence-electron chi connectivity index (χ4n) is 2.40. The molecule has 3 nitrogen and oxygen atoms in total. The molecule has 0 heterocycles. The van der Waals surface area contributed by atoms with Gasteiger partial charge in [0.1, 0.15) is 5.82 Å². The zero-order chi connectivity index (χ0) is 14.6. The lowest BCUT2D eigenvalue weighted by Gasteiger charge is -2.33. The summed E-state index contributed by atoms with van der Waals surface area (Å²) in [5.74, 6) is -1.03. The fourth-order valence-corrected chi connectivity index (χ4v) is 2.40. The van der Waals surface area contributed by atoms with E-state index in [1.165, 1.54) is 6.07 Å². The molecule has 0 spiro atoms. The van der Waals surface area contributed by atoms with Gasteiger partial charge in [0, 0.05) is 12.1 Å². The Morgan fingerprint density at radius 2 is 2.05 bits per heavy atom. The lowest BCUT2D eigenvalue weighted by Crippen LogP contribution is -2.36. The van der Waals surface area contributed by atoms with Crippen molar-refractivity contribution < 1.29 is 14.3 Å². The zero-order valence-electron chi connectivity index (χ0n) is 12.0. The highest BCUT2D eigenvalue weighted by molar-refractivity contribution is 5.67. The van der Waals surface area contributed by atoms with Crippen molar-refractivity contribution in [3.8, 4) is 0 Å². The summed E-state index contributed by atoms with van der Waals surface area (Å²) < 4.78 is 13.6. The highest BCUT2D eigenvalue weighted by atomic mass is 19.1. The Kier molecular flexibility index (Phi) is 5.48. The molecular formula is C15H22FNO2. The Morgan fingerprint density at radius 3 is 2.53 bits per heavy atom. The minimum Gasteiger partial charge on any atom is -0.481 e. The van der Waals surface area contributed by atoms with E-state index < -0.39 is 5.97 Å². The number of carboxylic acid groups (broad SMARTS) is 1. The minimum atomic E-state index is -0.812. The topological polar surface area (TPSA) is 40.5 Å². The Labute approximate surface area is 114 Å². The van der Waals surface area contributed by atoms with Crippen molar-refractivity contribution in [2.75, 3.05) is 6.54 Å². The van der Waals surface area contributed by atoms with E-state index in [0.29, 0.717) is 5.56 Å². The largest absolute Gasteiger partial charge is 0.481 e. The first-order chi connectivity index (χ1) is 8.86. The quantitative estimate of drug-likeness (QED) is 0.859. The summed E-state index contributed by atoms with van der Waals surface area (Å²) in [6.07, 6.45) is 0.0898. The van der Waals surface area contributed by atoms with Crippen LogP contribution in [-0.2, 0) is 4.79 Å². The van der Waals surface area contributed by atoms with Gasteiger partial charge in [-0.2, -0.15) is 0 Å². The standard InChI is InChI=1S/C15H22FNO2/c1-5-17(11(3)8-15(18)19)12(4)13-7-6-10(2)14(16)9-13/h6-7,9,11-12H,5,8H2,1-4H3,(H,18,19). The molecule has 0 saturated carbocycles. The Balaban J connectivity index is 2.91. The van der Waals surface area contributed by atoms with Crippen LogP contribution >= 0.6 is 0 Å². The number of nitrogens with zero attached hydrogens (tertiary/aromatic N) is 1. The first-order valence-corrected chi connectivity index (χ1v) is 6.60. The molecule has 106 valence electrons. The monoisotopic (exact) mass is 267 g/mol. The van der Waals surface area contributed by atoms with E-state index in [2.05, 4.69) is 4.90 Å². The van der Waals surface area contributed by atoms with Crippen LogP contribution in [0.25, 0.3) is 0 Å². The molecule has 1 rings (SSSR count). The van der Waals surface area contributed by atoms with Crippen LogP contribution in [0.1, 0.15) is 44.4 Å². The first kappa shape index (κ1) is 15.6. The summed E-state index contributed by atoms with van der Waals surface area (Å²) in [6.45, 7) is 8.31. The van der Waals surface area contributed by atoms with Gasteiger partial charge < -0.3 is 5.11 Å². The van der Waals surface area contributed by atoms with Crippen LogP contribution in [0.3, 0.4) is 0 Å². The number of carboxylic acids is 1. The Hall–Kier alpha value is -1.42. The van der Waals surface area contributed by atoms with Crippen LogP contribution in [0.2, 0.25) is 0 Å². The second-order valence-electron chi connectivity index (χ2n) is 4.96. The van der Waals surface area contributed by atoms with E-state index in [-0.39, 0.29) is 24.3 Å². The second-order valence-corrected chi connectivity index (χ2v) is 4.96. The van der Waals surface area contributed by atoms with E-state index in [0.717, 1.165) is 12.1 Å². The average Bonchev–Trinajstić information content (AvgIpc) is 2.32. The number of halogens is 1. The molecule has 1 aromatic carbocycles. The lowest BCUT2D eigenvalue weighted by molar-refractivity contribution is -0.138. The van der Waals surface area contributed by atoms with Crippen LogP contribution < -0.4 is 0 Å². The zero-order valence-corrected chi connectivity index (χ0v) is 12.0. The van der Waals surface area contributed by atoms with Crippen LogP contribution in [0.15, 0.2) is 18.2 Å². The normalized spacial score (nSPS) is 14.4. The van der Waals surface area contributed by atoms with Crippen molar-refractivity contribution in [3.63, 3.8) is 0 Å². The maximum atomic E-state index is 13.6. The summed E-state index contributed by atoms with van der Waals surface area (Å²) in [7, 11) is 0. The molecule has 0 aliphatic rings. The molecule has 19 heavy (non-hydrogen) atoms. The fraction of sp³-hybridized carbons (Fsp3) is 0.533. The van der Waals surface area contributed by atoms with Crippen molar-refractivity contribution in [2.24, 2.45) is 0 Å². The molecule has 0 aliphatic heterocycles. The van der Waals surface area contributed by atoms with E-state index in [4.69, 9.17) is 5.11 Å². The van der Waals surface area contributed by atoms with Gasteiger partial charge in [0.15, 0.2) is 0 Å². The van der Waals surface area contributed by atoms with Gasteiger partial charge in [0.2, 0.25) is 0 Å². The van der Waals surface area contributed by atoms with Gasteiger partial charge in [-0.25, -0.2) is 4.39 Å². The molecule has 0 bridgehead atoms. The summed E-state index contributed by atoms with van der Waals surface area (Å²) >= 11 is 0. The number of rotatable bonds is 6. The Morgan fingerprint density at radius 1 is 1.42 bits per heavy atom. The molecule has 0 radical (unpaired) electrons. The molecule has 1 N–H and O–H groups in total. The molecule has 4 heteroatoms. The third-order valence-corrected chi connectivity index (χ3v) is 3.58. The van der Waals surface area contributed by atoms with Gasteiger partial charge >= 0.3 is 5.97 Å². The summed E-state index contributed by atoms with van der Waals surface area (Å²) in [4.78, 5) is 12.9. The van der Waals surface area contributed by atoms with Gasteiger partial charge in [0.25, 0.3) is 0 Å². The average molecular weight is 267 g/mol. The van der Waals surface area contributed by atoms with E-state index >= 15 is 0 Å². The maximum absolute atomic E-state index is 13.6. The van der Waals surface area contributed by atoms with Gasteiger partial charge in [-0.1, -0.05) is 19.1 Å². The van der Waals surface area contributed by atoms with Crippen molar-refractivity contribution in [1.82, 2.24) is 4.90 Å². The van der Waals surface area contributed by atoms with Gasteiger partial charge in [-0.3, -0.25) is 9.69 Å². The van der Waals surface area contributed by atoms with E-state index in [9.17, 15) is 9.18 Å². The maximum Gasteiger partial charge on any atom is 0.304 e. The molecule has 2 atom stereocenters. The van der Waals surface area contributed by atoms with Crippen LogP contribution in [0.4, 0.5) is 4.39 Å². The number of hydrogen-bond donors (Lipinski definition) is 1. The van der Waals surface area contributed by atoms with Crippen LogP contribution in [0.5, 0.6) is 0 Å². The molecule has 0 aliphatic carbocycles. The van der Waals surface area contributed by atoms with Crippen molar-refractivity contribution in [1.29, 1.82) is 0 Å². The summed E-state index contributed by atoms with van der Waals surface area (Å²) in [5.41, 5.74) is 1.50. The highest BCUT2D eigenvalue weighted by Gasteiger charge is 2.22. The summed E-state index contributed by atoms with van der Waals surface area (Å²) in [5, 5.41) is 8.87. The van der Waals surface area contributed by atoms with Gasteiger partial charge in [0.05, 0.1) is 6.42 Å². The highest BCUT2D eigenvalue weighted by Crippen LogP contribution is 2.24. The number of hydrogen-bond acceptors (Lipinski definition) is 2. The first-order valence-electron chi connectivity index (χ1n) is 6.60. The molecule has 1 aromatic rings. The van der Waals surface area contributed by atoms with Gasteiger partial charge in [-0.05, 0) is 44.5 Å². The smallest absolute Gasteiger partial charge is 0.304 e. The van der Waals surface area contributed by atoms with Crippen molar-refractivity contribution in [3.05, 3.63) is 35.1 Å².